The van der Waals surface area contributed by atoms with Crippen LogP contribution in [0.4, 0.5) is 5.82 Å². The van der Waals surface area contributed by atoms with Crippen LogP contribution >= 0.6 is 0 Å². The smallest absolute Gasteiger partial charge is 0.270 e. The summed E-state index contributed by atoms with van der Waals surface area (Å²) in [6.07, 6.45) is 1.38. The summed E-state index contributed by atoms with van der Waals surface area (Å²) in [7, 11) is 7.15. The molecular weight excluding hydrogens is 334 g/mol. The van der Waals surface area contributed by atoms with Gasteiger partial charge < -0.3 is 25.0 Å². The van der Waals surface area contributed by atoms with Gasteiger partial charge >= 0.3 is 0 Å². The molecule has 1 aromatic heterocycles. The number of anilines is 1. The maximum atomic E-state index is 12.3. The molecule has 2 N–H and O–H groups in total. The normalized spacial score (nSPS) is 10.5. The van der Waals surface area contributed by atoms with E-state index < -0.39 is 0 Å². The molecule has 0 radical (unpaired) electrons. The molecule has 2 aromatic rings. The van der Waals surface area contributed by atoms with Crippen LogP contribution in [0.3, 0.4) is 0 Å². The molecule has 0 saturated carbocycles. The predicted molar refractivity (Wildman–Crippen MR) is 99.8 cm³/mol. The highest BCUT2D eigenvalue weighted by atomic mass is 16.5. The van der Waals surface area contributed by atoms with Gasteiger partial charge in [0.1, 0.15) is 17.8 Å². The van der Waals surface area contributed by atoms with Crippen molar-refractivity contribution in [1.29, 1.82) is 0 Å². The molecule has 26 heavy (non-hydrogen) atoms. The minimum Gasteiger partial charge on any atom is -0.493 e. The highest BCUT2D eigenvalue weighted by Gasteiger charge is 2.10. The van der Waals surface area contributed by atoms with Gasteiger partial charge in [-0.1, -0.05) is 6.07 Å². The van der Waals surface area contributed by atoms with E-state index in [0.717, 1.165) is 18.7 Å². The molecule has 8 heteroatoms. The first kappa shape index (κ1) is 19.5. The van der Waals surface area contributed by atoms with Crippen LogP contribution in [0.2, 0.25) is 0 Å². The first-order chi connectivity index (χ1) is 12.5. The number of nitrogens with one attached hydrogen (secondary N) is 2. The van der Waals surface area contributed by atoms with Gasteiger partial charge in [-0.05, 0) is 31.8 Å². The maximum absolute atomic E-state index is 12.3. The number of methoxy groups -OCH3 is 2. The minimum atomic E-state index is -0.266. The van der Waals surface area contributed by atoms with Crippen LogP contribution in [0.15, 0.2) is 30.6 Å². The lowest BCUT2D eigenvalue weighted by Crippen LogP contribution is -2.24. The first-order valence-electron chi connectivity index (χ1n) is 8.23. The largest absolute Gasteiger partial charge is 0.493 e. The second kappa shape index (κ2) is 9.57. The monoisotopic (exact) mass is 359 g/mol. The molecule has 1 aromatic carbocycles. The number of carbonyl (C=O) groups is 1. The van der Waals surface area contributed by atoms with Crippen molar-refractivity contribution in [3.05, 3.63) is 41.9 Å². The lowest BCUT2D eigenvalue weighted by molar-refractivity contribution is 0.0945. The molecule has 0 unspecified atom stereocenters. The standard InChI is InChI=1S/C18H25N5O3/c1-23(2)8-7-19-17-10-14(21-12-22-17)18(24)20-11-13-5-6-15(25-3)16(9-13)26-4/h5-6,9-10,12H,7-8,11H2,1-4H3,(H,20,24)(H,19,21,22). The molecule has 1 heterocycles. The summed E-state index contributed by atoms with van der Waals surface area (Å²) >= 11 is 0. The third kappa shape index (κ3) is 5.59. The molecule has 0 spiro atoms. The Balaban J connectivity index is 1.95. The quantitative estimate of drug-likeness (QED) is 0.699. The molecule has 8 nitrogen and oxygen atoms in total. The maximum Gasteiger partial charge on any atom is 0.270 e. The fourth-order valence-corrected chi connectivity index (χ4v) is 2.25. The zero-order valence-electron chi connectivity index (χ0n) is 15.6. The van der Waals surface area contributed by atoms with Gasteiger partial charge in [0.2, 0.25) is 0 Å². The summed E-state index contributed by atoms with van der Waals surface area (Å²) in [6, 6.07) is 7.14. The third-order valence-electron chi connectivity index (χ3n) is 3.67. The molecule has 0 fully saturated rings. The molecule has 0 aliphatic carbocycles. The van der Waals surface area contributed by atoms with Crippen molar-refractivity contribution in [2.24, 2.45) is 0 Å². The molecule has 0 bridgehead atoms. The molecule has 0 atom stereocenters. The predicted octanol–water partition coefficient (Wildman–Crippen LogP) is 1.40. The van der Waals surface area contributed by atoms with E-state index in [1.165, 1.54) is 6.33 Å². The van der Waals surface area contributed by atoms with Gasteiger partial charge in [-0.25, -0.2) is 9.97 Å². The van der Waals surface area contributed by atoms with Crippen molar-refractivity contribution in [1.82, 2.24) is 20.2 Å². The van der Waals surface area contributed by atoms with Gasteiger partial charge in [0.15, 0.2) is 11.5 Å². The number of benzene rings is 1. The number of aromatic nitrogens is 2. The van der Waals surface area contributed by atoms with Crippen molar-refractivity contribution >= 4 is 11.7 Å². The molecular formula is C18H25N5O3. The van der Waals surface area contributed by atoms with Crippen LogP contribution in [-0.4, -0.2) is 62.2 Å². The average Bonchev–Trinajstić information content (AvgIpc) is 2.65. The van der Waals surface area contributed by atoms with Crippen LogP contribution in [-0.2, 0) is 6.54 Å². The van der Waals surface area contributed by atoms with Gasteiger partial charge in [0.05, 0.1) is 14.2 Å². The van der Waals surface area contributed by atoms with Gasteiger partial charge in [-0.3, -0.25) is 4.79 Å². The summed E-state index contributed by atoms with van der Waals surface area (Å²) in [5.41, 5.74) is 1.21. The summed E-state index contributed by atoms with van der Waals surface area (Å²) in [6.45, 7) is 1.95. The fraction of sp³-hybridized carbons (Fsp3) is 0.389. The van der Waals surface area contributed by atoms with E-state index in [2.05, 4.69) is 25.5 Å². The number of rotatable bonds is 9. The lowest BCUT2D eigenvalue weighted by Gasteiger charge is -2.12. The number of likely N-dealkylation sites (N-methyl/N-ethyl adjacent to an activating group) is 1. The van der Waals surface area contributed by atoms with Gasteiger partial charge in [0, 0.05) is 25.7 Å². The fourth-order valence-electron chi connectivity index (χ4n) is 2.25. The number of carbonyl (C=O) groups excluding carboxylic acids is 1. The van der Waals surface area contributed by atoms with Gasteiger partial charge in [0.25, 0.3) is 5.91 Å². The van der Waals surface area contributed by atoms with Crippen LogP contribution in [0.25, 0.3) is 0 Å². The summed E-state index contributed by atoms with van der Waals surface area (Å²) in [5, 5.41) is 6.01. The second-order valence-electron chi connectivity index (χ2n) is 5.89. The van der Waals surface area contributed by atoms with Crippen LogP contribution in [0, 0.1) is 0 Å². The van der Waals surface area contributed by atoms with E-state index >= 15 is 0 Å². The Morgan fingerprint density at radius 2 is 1.88 bits per heavy atom. The van der Waals surface area contributed by atoms with Crippen LogP contribution in [0.5, 0.6) is 11.5 Å². The van der Waals surface area contributed by atoms with Crippen molar-refractivity contribution in [2.75, 3.05) is 46.7 Å². The zero-order chi connectivity index (χ0) is 18.9. The van der Waals surface area contributed by atoms with E-state index in [1.54, 1.807) is 26.4 Å². The molecule has 2 rings (SSSR count). The number of hydrogen-bond acceptors (Lipinski definition) is 7. The Kier molecular flexibility index (Phi) is 7.16. The van der Waals surface area contributed by atoms with Gasteiger partial charge in [-0.2, -0.15) is 0 Å². The highest BCUT2D eigenvalue weighted by Crippen LogP contribution is 2.27. The van der Waals surface area contributed by atoms with Crippen molar-refractivity contribution in [3.63, 3.8) is 0 Å². The van der Waals surface area contributed by atoms with E-state index in [4.69, 9.17) is 9.47 Å². The van der Waals surface area contributed by atoms with E-state index in [-0.39, 0.29) is 5.91 Å². The molecule has 140 valence electrons. The number of amides is 1. The Labute approximate surface area is 153 Å². The second-order valence-corrected chi connectivity index (χ2v) is 5.89. The Bertz CT molecular complexity index is 737. The lowest BCUT2D eigenvalue weighted by atomic mass is 10.2. The van der Waals surface area contributed by atoms with Crippen molar-refractivity contribution < 1.29 is 14.3 Å². The topological polar surface area (TPSA) is 88.6 Å². The summed E-state index contributed by atoms with van der Waals surface area (Å²) in [5.74, 6) is 1.62. The van der Waals surface area contributed by atoms with E-state index in [1.807, 2.05) is 26.2 Å². The average molecular weight is 359 g/mol. The Morgan fingerprint density at radius 3 is 2.58 bits per heavy atom. The minimum absolute atomic E-state index is 0.266. The summed E-state index contributed by atoms with van der Waals surface area (Å²) < 4.78 is 10.5. The number of hydrogen-bond donors (Lipinski definition) is 2. The zero-order valence-corrected chi connectivity index (χ0v) is 15.6. The number of nitrogens with zero attached hydrogens (tertiary/aromatic N) is 3. The summed E-state index contributed by atoms with van der Waals surface area (Å²) in [4.78, 5) is 22.6. The van der Waals surface area contributed by atoms with E-state index in [9.17, 15) is 4.79 Å². The Morgan fingerprint density at radius 1 is 1.12 bits per heavy atom. The first-order valence-corrected chi connectivity index (χ1v) is 8.23. The SMILES string of the molecule is COc1ccc(CNC(=O)c2cc(NCCN(C)C)ncn2)cc1OC. The third-order valence-corrected chi connectivity index (χ3v) is 3.67. The van der Waals surface area contributed by atoms with Crippen LogP contribution in [0.1, 0.15) is 16.1 Å². The van der Waals surface area contributed by atoms with Crippen molar-refractivity contribution in [3.8, 4) is 11.5 Å². The molecule has 0 aliphatic rings. The highest BCUT2D eigenvalue weighted by molar-refractivity contribution is 5.92. The Hall–Kier alpha value is -2.87. The van der Waals surface area contributed by atoms with Crippen molar-refractivity contribution in [2.45, 2.75) is 6.54 Å². The molecule has 0 saturated heterocycles. The van der Waals surface area contributed by atoms with Gasteiger partial charge in [-0.15, -0.1) is 0 Å². The molecule has 1 amide bonds. The molecule has 0 aliphatic heterocycles. The van der Waals surface area contributed by atoms with E-state index in [0.29, 0.717) is 29.6 Å². The van der Waals surface area contributed by atoms with Crippen LogP contribution < -0.4 is 20.1 Å². The number of ether oxygens (including phenoxy) is 2.